The second kappa shape index (κ2) is 7.40. The molecule has 24 heavy (non-hydrogen) atoms. The zero-order valence-electron chi connectivity index (χ0n) is 14.5. The van der Waals surface area contributed by atoms with Crippen molar-refractivity contribution in [3.05, 3.63) is 40.0 Å². The Morgan fingerprint density at radius 2 is 2.25 bits per heavy atom. The molecular formula is C18H24N4OS. The van der Waals surface area contributed by atoms with Crippen LogP contribution >= 0.6 is 11.3 Å². The quantitative estimate of drug-likeness (QED) is 0.754. The van der Waals surface area contributed by atoms with Gasteiger partial charge in [0, 0.05) is 42.8 Å². The molecule has 1 aliphatic heterocycles. The average molecular weight is 344 g/mol. The van der Waals surface area contributed by atoms with E-state index in [-0.39, 0.29) is 5.78 Å². The van der Waals surface area contributed by atoms with Crippen LogP contribution in [0.25, 0.3) is 0 Å². The Bertz CT molecular complexity index is 697. The van der Waals surface area contributed by atoms with Crippen LogP contribution in [-0.4, -0.2) is 47.3 Å². The van der Waals surface area contributed by atoms with Crippen molar-refractivity contribution in [2.24, 2.45) is 5.92 Å². The van der Waals surface area contributed by atoms with E-state index in [2.05, 4.69) is 33.7 Å². The van der Waals surface area contributed by atoms with Gasteiger partial charge in [-0.05, 0) is 45.4 Å². The van der Waals surface area contributed by atoms with Crippen LogP contribution in [0.2, 0.25) is 0 Å². The summed E-state index contributed by atoms with van der Waals surface area (Å²) in [5.41, 5.74) is 3.75. The number of Topliss-reactive ketones (excluding diaryl/α,β-unsaturated/α-hetero) is 1. The third-order valence-corrected chi connectivity index (χ3v) is 5.51. The molecule has 6 heteroatoms. The van der Waals surface area contributed by atoms with E-state index in [4.69, 9.17) is 0 Å². The van der Waals surface area contributed by atoms with Gasteiger partial charge in [0.1, 0.15) is 5.82 Å². The zero-order valence-corrected chi connectivity index (χ0v) is 15.3. The maximum Gasteiger partial charge on any atom is 0.161 e. The summed E-state index contributed by atoms with van der Waals surface area (Å²) in [5, 5.41) is 0. The summed E-state index contributed by atoms with van der Waals surface area (Å²) in [6.07, 6.45) is 2.87. The molecule has 0 aliphatic carbocycles. The normalized spacial score (nSPS) is 17.7. The predicted molar refractivity (Wildman–Crippen MR) is 97.7 cm³/mol. The van der Waals surface area contributed by atoms with E-state index in [1.54, 1.807) is 24.5 Å². The number of carbonyl (C=O) groups excluding carboxylic acids is 1. The van der Waals surface area contributed by atoms with E-state index >= 15 is 0 Å². The topological polar surface area (TPSA) is 49.3 Å². The van der Waals surface area contributed by atoms with Gasteiger partial charge in [0.25, 0.3) is 0 Å². The molecule has 3 heterocycles. The number of aromatic nitrogens is 2. The first-order chi connectivity index (χ1) is 11.5. The number of pyridine rings is 1. The maximum atomic E-state index is 11.3. The van der Waals surface area contributed by atoms with Crippen molar-refractivity contribution in [3.63, 3.8) is 0 Å². The minimum Gasteiger partial charge on any atom is -0.356 e. The van der Waals surface area contributed by atoms with Crippen molar-refractivity contribution in [1.29, 1.82) is 0 Å². The van der Waals surface area contributed by atoms with Gasteiger partial charge in [-0.2, -0.15) is 0 Å². The molecule has 0 spiro atoms. The van der Waals surface area contributed by atoms with Crippen LogP contribution in [0.3, 0.4) is 0 Å². The molecule has 1 aliphatic rings. The summed E-state index contributed by atoms with van der Waals surface area (Å²) in [7, 11) is 2.18. The number of ketones is 1. The largest absolute Gasteiger partial charge is 0.356 e. The van der Waals surface area contributed by atoms with Crippen LogP contribution in [0.5, 0.6) is 0 Å². The Balaban J connectivity index is 1.53. The fourth-order valence-corrected chi connectivity index (χ4v) is 4.06. The van der Waals surface area contributed by atoms with Crippen molar-refractivity contribution >= 4 is 22.9 Å². The highest BCUT2D eigenvalue weighted by molar-refractivity contribution is 7.09. The van der Waals surface area contributed by atoms with Gasteiger partial charge in [0.15, 0.2) is 5.78 Å². The van der Waals surface area contributed by atoms with Gasteiger partial charge in [-0.15, -0.1) is 11.3 Å². The maximum absolute atomic E-state index is 11.3. The highest BCUT2D eigenvalue weighted by atomic mass is 32.1. The first-order valence-electron chi connectivity index (χ1n) is 8.32. The number of carbonyl (C=O) groups is 1. The summed E-state index contributed by atoms with van der Waals surface area (Å²) in [6, 6.07) is 3.83. The number of hydrogen-bond donors (Lipinski definition) is 0. The molecule has 0 saturated carbocycles. The fraction of sp³-hybridized carbons (Fsp3) is 0.500. The van der Waals surface area contributed by atoms with E-state index < -0.39 is 0 Å². The summed E-state index contributed by atoms with van der Waals surface area (Å²) < 4.78 is 0. The lowest BCUT2D eigenvalue weighted by Gasteiger charge is -2.21. The molecule has 3 rings (SSSR count). The van der Waals surface area contributed by atoms with Gasteiger partial charge in [0.05, 0.1) is 11.2 Å². The van der Waals surface area contributed by atoms with Gasteiger partial charge in [-0.25, -0.2) is 9.97 Å². The first-order valence-corrected chi connectivity index (χ1v) is 9.20. The van der Waals surface area contributed by atoms with Crippen LogP contribution in [0.15, 0.2) is 23.8 Å². The molecule has 0 radical (unpaired) electrons. The highest BCUT2D eigenvalue weighted by Crippen LogP contribution is 2.24. The molecule has 1 atom stereocenters. The molecule has 1 saturated heterocycles. The Labute approximate surface area is 147 Å². The van der Waals surface area contributed by atoms with Gasteiger partial charge >= 0.3 is 0 Å². The molecule has 0 amide bonds. The lowest BCUT2D eigenvalue weighted by molar-refractivity contribution is 0.101. The first kappa shape index (κ1) is 17.0. The Kier molecular flexibility index (Phi) is 5.26. The zero-order chi connectivity index (χ0) is 17.1. The van der Waals surface area contributed by atoms with Crippen LogP contribution in [0.4, 0.5) is 5.82 Å². The molecule has 5 nitrogen and oxygen atoms in total. The third kappa shape index (κ3) is 3.99. The number of anilines is 1. The Hall–Kier alpha value is -1.79. The molecule has 0 aromatic carbocycles. The van der Waals surface area contributed by atoms with Crippen LogP contribution in [0, 0.1) is 12.8 Å². The van der Waals surface area contributed by atoms with E-state index in [9.17, 15) is 4.79 Å². The number of hydrogen-bond acceptors (Lipinski definition) is 6. The minimum absolute atomic E-state index is 0.0633. The van der Waals surface area contributed by atoms with E-state index in [0.717, 1.165) is 37.7 Å². The second-order valence-electron chi connectivity index (χ2n) is 6.62. The monoisotopic (exact) mass is 344 g/mol. The molecule has 1 fully saturated rings. The van der Waals surface area contributed by atoms with Gasteiger partial charge < -0.3 is 9.80 Å². The lowest BCUT2D eigenvalue weighted by Crippen LogP contribution is -2.28. The fourth-order valence-electron chi connectivity index (χ4n) is 3.20. The van der Waals surface area contributed by atoms with Crippen LogP contribution in [-0.2, 0) is 6.54 Å². The smallest absolute Gasteiger partial charge is 0.161 e. The molecule has 128 valence electrons. The third-order valence-electron chi connectivity index (χ3n) is 4.59. The second-order valence-corrected chi connectivity index (χ2v) is 7.56. The lowest BCUT2D eigenvalue weighted by atomic mass is 10.1. The van der Waals surface area contributed by atoms with Gasteiger partial charge in [-0.1, -0.05) is 0 Å². The summed E-state index contributed by atoms with van der Waals surface area (Å²) in [6.45, 7) is 7.76. The van der Waals surface area contributed by atoms with Crippen molar-refractivity contribution < 1.29 is 4.79 Å². The Morgan fingerprint density at radius 1 is 1.42 bits per heavy atom. The van der Waals surface area contributed by atoms with Crippen LogP contribution in [0.1, 0.15) is 34.3 Å². The SMILES string of the molecule is CC(=O)c1ccc(N2CC[C@H](CN(C)Cc3scnc3C)C2)nc1. The van der Waals surface area contributed by atoms with Crippen molar-refractivity contribution in [2.75, 3.05) is 31.6 Å². The Morgan fingerprint density at radius 3 is 2.88 bits per heavy atom. The molecule has 0 bridgehead atoms. The van der Waals surface area contributed by atoms with Crippen molar-refractivity contribution in [3.8, 4) is 0 Å². The molecule has 2 aromatic heterocycles. The number of nitrogens with zero attached hydrogens (tertiary/aromatic N) is 4. The molecule has 0 N–H and O–H groups in total. The number of aryl methyl sites for hydroxylation is 1. The summed E-state index contributed by atoms with van der Waals surface area (Å²) >= 11 is 1.74. The van der Waals surface area contributed by atoms with Crippen molar-refractivity contribution in [1.82, 2.24) is 14.9 Å². The molecular weight excluding hydrogens is 320 g/mol. The molecule has 0 unspecified atom stereocenters. The van der Waals surface area contributed by atoms with E-state index in [0.29, 0.717) is 11.5 Å². The van der Waals surface area contributed by atoms with Gasteiger partial charge in [-0.3, -0.25) is 4.79 Å². The minimum atomic E-state index is 0.0633. The predicted octanol–water partition coefficient (Wildman–Crippen LogP) is 3.01. The molecule has 2 aromatic rings. The van der Waals surface area contributed by atoms with Crippen molar-refractivity contribution in [2.45, 2.75) is 26.8 Å². The van der Waals surface area contributed by atoms with Crippen LogP contribution < -0.4 is 4.90 Å². The number of thiazole rings is 1. The van der Waals surface area contributed by atoms with E-state index in [1.165, 1.54) is 11.3 Å². The highest BCUT2D eigenvalue weighted by Gasteiger charge is 2.24. The number of rotatable bonds is 6. The summed E-state index contributed by atoms with van der Waals surface area (Å²) in [5.74, 6) is 1.69. The summed E-state index contributed by atoms with van der Waals surface area (Å²) in [4.78, 5) is 26.2. The van der Waals surface area contributed by atoms with E-state index in [1.807, 2.05) is 17.6 Å². The average Bonchev–Trinajstić information content (AvgIpc) is 3.17. The standard InChI is InChI=1S/C18H24N4OS/c1-13-17(24-12-20-13)11-21(3)9-15-6-7-22(10-15)18-5-4-16(8-19-18)14(2)23/h4-5,8,12,15H,6-7,9-11H2,1-3H3/t15-/m1/s1. The van der Waals surface area contributed by atoms with Gasteiger partial charge in [0.2, 0.25) is 0 Å².